The minimum atomic E-state index is 0.676. The Morgan fingerprint density at radius 3 is 2.70 bits per heavy atom. The fourth-order valence-electron chi connectivity index (χ4n) is 2.40. The van der Waals surface area contributed by atoms with Crippen LogP contribution < -0.4 is 5.32 Å². The van der Waals surface area contributed by atoms with E-state index in [1.807, 2.05) is 49.5 Å². The third-order valence-electron chi connectivity index (χ3n) is 3.49. The summed E-state index contributed by atoms with van der Waals surface area (Å²) in [6.45, 7) is 1.95. The zero-order valence-corrected chi connectivity index (χ0v) is 12.5. The smallest absolute Gasteiger partial charge is 0.163 e. The SMILES string of the molecule is Cc1ccn(-c2cc(Nc3ccncc3)c3cccnc3n2)n1. The molecule has 4 aromatic rings. The van der Waals surface area contributed by atoms with E-state index < -0.39 is 0 Å². The number of pyridine rings is 3. The Balaban J connectivity index is 1.87. The van der Waals surface area contributed by atoms with Crippen molar-refractivity contribution in [2.24, 2.45) is 0 Å². The molecule has 0 atom stereocenters. The van der Waals surface area contributed by atoms with E-state index in [0.29, 0.717) is 5.65 Å². The molecule has 0 saturated heterocycles. The second-order valence-electron chi connectivity index (χ2n) is 5.17. The van der Waals surface area contributed by atoms with Gasteiger partial charge in [0, 0.05) is 41.9 Å². The molecule has 4 heterocycles. The number of rotatable bonds is 3. The number of anilines is 2. The Morgan fingerprint density at radius 2 is 1.91 bits per heavy atom. The van der Waals surface area contributed by atoms with E-state index in [1.165, 1.54) is 0 Å². The molecule has 6 heteroatoms. The van der Waals surface area contributed by atoms with Gasteiger partial charge in [-0.2, -0.15) is 5.10 Å². The van der Waals surface area contributed by atoms with Crippen LogP contribution in [0.4, 0.5) is 11.4 Å². The van der Waals surface area contributed by atoms with E-state index in [-0.39, 0.29) is 0 Å². The third-order valence-corrected chi connectivity index (χ3v) is 3.49. The molecule has 4 rings (SSSR count). The first-order chi connectivity index (χ1) is 11.3. The van der Waals surface area contributed by atoms with Gasteiger partial charge in [-0.3, -0.25) is 4.98 Å². The molecule has 0 amide bonds. The number of fused-ring (bicyclic) bond motifs is 1. The maximum Gasteiger partial charge on any atom is 0.163 e. The molecular formula is C17H14N6. The summed E-state index contributed by atoms with van der Waals surface area (Å²) in [4.78, 5) is 13.0. The molecule has 4 aromatic heterocycles. The summed E-state index contributed by atoms with van der Waals surface area (Å²) in [6.07, 6.45) is 7.13. The Labute approximate surface area is 132 Å². The average Bonchev–Trinajstić information content (AvgIpc) is 3.02. The molecule has 23 heavy (non-hydrogen) atoms. The first kappa shape index (κ1) is 13.4. The van der Waals surface area contributed by atoms with E-state index >= 15 is 0 Å². The minimum Gasteiger partial charge on any atom is -0.355 e. The van der Waals surface area contributed by atoms with E-state index in [9.17, 15) is 0 Å². The average molecular weight is 302 g/mol. The van der Waals surface area contributed by atoms with Gasteiger partial charge in [0.05, 0.1) is 11.4 Å². The molecule has 0 radical (unpaired) electrons. The third kappa shape index (κ3) is 2.62. The number of hydrogen-bond acceptors (Lipinski definition) is 5. The highest BCUT2D eigenvalue weighted by Gasteiger charge is 2.09. The van der Waals surface area contributed by atoms with Gasteiger partial charge < -0.3 is 5.32 Å². The lowest BCUT2D eigenvalue weighted by molar-refractivity contribution is 0.836. The number of aryl methyl sites for hydroxylation is 1. The highest BCUT2D eigenvalue weighted by atomic mass is 15.3. The Morgan fingerprint density at radius 1 is 1.04 bits per heavy atom. The van der Waals surface area contributed by atoms with Gasteiger partial charge in [0.15, 0.2) is 11.5 Å². The molecule has 0 saturated carbocycles. The fourth-order valence-corrected chi connectivity index (χ4v) is 2.40. The number of nitrogens with zero attached hydrogens (tertiary/aromatic N) is 5. The minimum absolute atomic E-state index is 0.676. The second-order valence-corrected chi connectivity index (χ2v) is 5.17. The normalized spacial score (nSPS) is 10.8. The van der Waals surface area contributed by atoms with Gasteiger partial charge in [-0.1, -0.05) is 0 Å². The van der Waals surface area contributed by atoms with Gasteiger partial charge in [-0.25, -0.2) is 14.6 Å². The van der Waals surface area contributed by atoms with Crippen LogP contribution in [0.25, 0.3) is 16.9 Å². The van der Waals surface area contributed by atoms with E-state index in [1.54, 1.807) is 23.3 Å². The van der Waals surface area contributed by atoms with Crippen molar-refractivity contribution in [2.75, 3.05) is 5.32 Å². The van der Waals surface area contributed by atoms with Crippen LogP contribution in [-0.2, 0) is 0 Å². The molecule has 1 N–H and O–H groups in total. The van der Waals surface area contributed by atoms with Gasteiger partial charge in [0.25, 0.3) is 0 Å². The summed E-state index contributed by atoms with van der Waals surface area (Å²) in [6, 6.07) is 11.6. The van der Waals surface area contributed by atoms with E-state index in [4.69, 9.17) is 0 Å². The molecule has 0 aliphatic rings. The maximum atomic E-state index is 4.60. The molecule has 6 nitrogen and oxygen atoms in total. The number of nitrogens with one attached hydrogen (secondary N) is 1. The second kappa shape index (κ2) is 5.49. The number of aromatic nitrogens is 5. The highest BCUT2D eigenvalue weighted by molar-refractivity contribution is 5.91. The van der Waals surface area contributed by atoms with Gasteiger partial charge in [0.1, 0.15) is 0 Å². The van der Waals surface area contributed by atoms with Crippen LogP contribution in [0.15, 0.2) is 61.2 Å². The molecule has 0 aliphatic heterocycles. The molecule has 0 unspecified atom stereocenters. The zero-order chi connectivity index (χ0) is 15.6. The maximum absolute atomic E-state index is 4.60. The molecule has 0 spiro atoms. The lowest BCUT2D eigenvalue weighted by Gasteiger charge is -2.11. The largest absolute Gasteiger partial charge is 0.355 e. The highest BCUT2D eigenvalue weighted by Crippen LogP contribution is 2.26. The fraction of sp³-hybridized carbons (Fsp3) is 0.0588. The van der Waals surface area contributed by atoms with Crippen molar-refractivity contribution in [1.29, 1.82) is 0 Å². The number of hydrogen-bond donors (Lipinski definition) is 1. The van der Waals surface area contributed by atoms with Crippen LogP contribution in [0.1, 0.15) is 5.69 Å². The van der Waals surface area contributed by atoms with Gasteiger partial charge in [-0.05, 0) is 37.3 Å². The van der Waals surface area contributed by atoms with Gasteiger partial charge in [0.2, 0.25) is 0 Å². The van der Waals surface area contributed by atoms with Crippen LogP contribution in [-0.4, -0.2) is 24.7 Å². The van der Waals surface area contributed by atoms with Gasteiger partial charge in [-0.15, -0.1) is 0 Å². The predicted molar refractivity (Wildman–Crippen MR) is 88.9 cm³/mol. The molecule has 0 aromatic carbocycles. The van der Waals surface area contributed by atoms with Crippen molar-refractivity contribution in [1.82, 2.24) is 24.7 Å². The Bertz CT molecular complexity index is 961. The summed E-state index contributed by atoms with van der Waals surface area (Å²) >= 11 is 0. The first-order valence-electron chi connectivity index (χ1n) is 7.25. The zero-order valence-electron chi connectivity index (χ0n) is 12.5. The summed E-state index contributed by atoms with van der Waals surface area (Å²) < 4.78 is 1.75. The van der Waals surface area contributed by atoms with Crippen molar-refractivity contribution in [3.8, 4) is 5.82 Å². The van der Waals surface area contributed by atoms with Crippen molar-refractivity contribution in [3.05, 3.63) is 66.9 Å². The monoisotopic (exact) mass is 302 g/mol. The summed E-state index contributed by atoms with van der Waals surface area (Å²) in [7, 11) is 0. The first-order valence-corrected chi connectivity index (χ1v) is 7.25. The molecule has 0 fully saturated rings. The standard InChI is InChI=1S/C17H14N6/c1-12-6-10-23(22-12)16-11-15(20-13-4-8-18-9-5-13)14-3-2-7-19-17(14)21-16/h2-11H,1H3,(H,18,19,20,21). The van der Waals surface area contributed by atoms with Crippen LogP contribution in [0.3, 0.4) is 0 Å². The lowest BCUT2D eigenvalue weighted by atomic mass is 10.2. The van der Waals surface area contributed by atoms with E-state index in [2.05, 4.69) is 25.4 Å². The molecule has 0 bridgehead atoms. The van der Waals surface area contributed by atoms with Crippen LogP contribution >= 0.6 is 0 Å². The Hall–Kier alpha value is -3.28. The molecule has 0 aliphatic carbocycles. The molecular weight excluding hydrogens is 288 g/mol. The van der Waals surface area contributed by atoms with Crippen molar-refractivity contribution >= 4 is 22.4 Å². The molecule has 112 valence electrons. The van der Waals surface area contributed by atoms with Crippen LogP contribution in [0.5, 0.6) is 0 Å². The van der Waals surface area contributed by atoms with Crippen molar-refractivity contribution in [3.63, 3.8) is 0 Å². The summed E-state index contributed by atoms with van der Waals surface area (Å²) in [5.41, 5.74) is 3.50. The summed E-state index contributed by atoms with van der Waals surface area (Å²) in [5, 5.41) is 8.78. The summed E-state index contributed by atoms with van der Waals surface area (Å²) in [5.74, 6) is 0.723. The Kier molecular flexibility index (Phi) is 3.20. The predicted octanol–water partition coefficient (Wildman–Crippen LogP) is 3.26. The van der Waals surface area contributed by atoms with Gasteiger partial charge >= 0.3 is 0 Å². The topological polar surface area (TPSA) is 68.5 Å². The van der Waals surface area contributed by atoms with Crippen LogP contribution in [0.2, 0.25) is 0 Å². The lowest BCUT2D eigenvalue weighted by Crippen LogP contribution is -2.02. The van der Waals surface area contributed by atoms with Crippen LogP contribution in [0, 0.1) is 6.92 Å². The van der Waals surface area contributed by atoms with Crippen molar-refractivity contribution < 1.29 is 0 Å². The quantitative estimate of drug-likeness (QED) is 0.629. The van der Waals surface area contributed by atoms with Crippen molar-refractivity contribution in [2.45, 2.75) is 6.92 Å². The van der Waals surface area contributed by atoms with E-state index in [0.717, 1.165) is 28.3 Å².